The van der Waals surface area contributed by atoms with Gasteiger partial charge in [-0.05, 0) is 24.8 Å². The number of rotatable bonds is 5. The molecule has 2 fully saturated rings. The van der Waals surface area contributed by atoms with Gasteiger partial charge < -0.3 is 10.1 Å². The Hall–Kier alpha value is -2.29. The highest BCUT2D eigenvalue weighted by atomic mass is 16.5. The van der Waals surface area contributed by atoms with E-state index in [1.54, 1.807) is 19.2 Å². The molecule has 0 radical (unpaired) electrons. The fourth-order valence-corrected chi connectivity index (χ4v) is 4.27. The number of benzene rings is 1. The second-order valence-electron chi connectivity index (χ2n) is 7.89. The molecule has 1 amide bonds. The molecule has 2 saturated heterocycles. The van der Waals surface area contributed by atoms with Crippen LogP contribution in [0.2, 0.25) is 0 Å². The first-order valence-electron chi connectivity index (χ1n) is 10.4. The first kappa shape index (κ1) is 20.0. The third-order valence-corrected chi connectivity index (χ3v) is 5.97. The molecule has 0 spiro atoms. The minimum atomic E-state index is -0.279. The summed E-state index contributed by atoms with van der Waals surface area (Å²) in [4.78, 5) is 30.0. The molecule has 0 bridgehead atoms. The Morgan fingerprint density at radius 2 is 1.79 bits per heavy atom. The van der Waals surface area contributed by atoms with Crippen LogP contribution >= 0.6 is 0 Å². The average Bonchev–Trinajstić information content (AvgIpc) is 2.77. The Morgan fingerprint density at radius 1 is 1.10 bits per heavy atom. The summed E-state index contributed by atoms with van der Waals surface area (Å²) in [5, 5.41) is 8.16. The Kier molecular flexibility index (Phi) is 6.22. The molecule has 8 heteroatoms. The lowest BCUT2D eigenvalue weighted by Crippen LogP contribution is -2.44. The standard InChI is InChI=1S/C21H29N5O3/c1-22-20(27)19-17-4-2-3-5-18(17)21(28)26(23-19)15-25-8-6-16(7-9-25)14-24-10-12-29-13-11-24/h2-5,16H,6-15H2,1H3,(H,22,27). The van der Waals surface area contributed by atoms with Gasteiger partial charge in [-0.15, -0.1) is 0 Å². The number of likely N-dealkylation sites (tertiary alicyclic amines) is 1. The summed E-state index contributed by atoms with van der Waals surface area (Å²) >= 11 is 0. The lowest BCUT2D eigenvalue weighted by Gasteiger charge is -2.36. The van der Waals surface area contributed by atoms with Crippen molar-refractivity contribution in [2.45, 2.75) is 19.5 Å². The monoisotopic (exact) mass is 399 g/mol. The van der Waals surface area contributed by atoms with Crippen molar-refractivity contribution in [3.05, 3.63) is 40.3 Å². The molecular formula is C21H29N5O3. The zero-order valence-corrected chi connectivity index (χ0v) is 17.0. The number of ether oxygens (including phenoxy) is 1. The molecule has 4 rings (SSSR count). The van der Waals surface area contributed by atoms with Crippen LogP contribution in [0.15, 0.2) is 29.1 Å². The van der Waals surface area contributed by atoms with Crippen LogP contribution in [0.25, 0.3) is 10.8 Å². The number of morpholine rings is 1. The summed E-state index contributed by atoms with van der Waals surface area (Å²) in [6.45, 7) is 7.14. The van der Waals surface area contributed by atoms with Crippen LogP contribution in [0.3, 0.4) is 0 Å². The van der Waals surface area contributed by atoms with Crippen molar-refractivity contribution < 1.29 is 9.53 Å². The molecule has 2 aliphatic rings. The molecule has 8 nitrogen and oxygen atoms in total. The van der Waals surface area contributed by atoms with Crippen molar-refractivity contribution in [3.63, 3.8) is 0 Å². The summed E-state index contributed by atoms with van der Waals surface area (Å²) in [6.07, 6.45) is 2.23. The Balaban J connectivity index is 1.45. The first-order valence-corrected chi connectivity index (χ1v) is 10.4. The Morgan fingerprint density at radius 3 is 2.48 bits per heavy atom. The van der Waals surface area contributed by atoms with Gasteiger partial charge in [0.15, 0.2) is 5.69 Å². The molecule has 156 valence electrons. The van der Waals surface area contributed by atoms with Gasteiger partial charge in [0.1, 0.15) is 0 Å². The van der Waals surface area contributed by atoms with Crippen LogP contribution < -0.4 is 10.9 Å². The van der Waals surface area contributed by atoms with Crippen molar-refractivity contribution >= 4 is 16.7 Å². The number of piperidine rings is 1. The number of aromatic nitrogens is 2. The minimum absolute atomic E-state index is 0.149. The number of carbonyl (C=O) groups is 1. The molecule has 0 unspecified atom stereocenters. The maximum absolute atomic E-state index is 12.9. The second-order valence-corrected chi connectivity index (χ2v) is 7.89. The van der Waals surface area contributed by atoms with E-state index in [9.17, 15) is 9.59 Å². The van der Waals surface area contributed by atoms with Gasteiger partial charge in [-0.2, -0.15) is 5.10 Å². The van der Waals surface area contributed by atoms with E-state index in [4.69, 9.17) is 4.74 Å². The van der Waals surface area contributed by atoms with Crippen LogP contribution in [-0.4, -0.2) is 78.5 Å². The second kappa shape index (κ2) is 9.02. The van der Waals surface area contributed by atoms with Gasteiger partial charge in [-0.1, -0.05) is 18.2 Å². The molecule has 1 aromatic carbocycles. The number of nitrogens with one attached hydrogen (secondary N) is 1. The van der Waals surface area contributed by atoms with Gasteiger partial charge in [-0.3, -0.25) is 19.4 Å². The fourth-order valence-electron chi connectivity index (χ4n) is 4.27. The largest absolute Gasteiger partial charge is 0.379 e. The molecule has 2 aliphatic heterocycles. The van der Waals surface area contributed by atoms with E-state index in [0.29, 0.717) is 29.1 Å². The molecule has 0 atom stereocenters. The number of fused-ring (bicyclic) bond motifs is 1. The van der Waals surface area contributed by atoms with Gasteiger partial charge >= 0.3 is 0 Å². The number of nitrogens with zero attached hydrogens (tertiary/aromatic N) is 4. The topological polar surface area (TPSA) is 79.7 Å². The minimum Gasteiger partial charge on any atom is -0.379 e. The van der Waals surface area contributed by atoms with Gasteiger partial charge in [0.05, 0.1) is 25.3 Å². The number of carbonyl (C=O) groups excluding carboxylic acids is 1. The number of amides is 1. The quantitative estimate of drug-likeness (QED) is 0.800. The van der Waals surface area contributed by atoms with Crippen LogP contribution in [0.5, 0.6) is 0 Å². The molecule has 3 heterocycles. The maximum Gasteiger partial charge on any atom is 0.275 e. The third-order valence-electron chi connectivity index (χ3n) is 5.97. The van der Waals surface area contributed by atoms with Crippen LogP contribution in [-0.2, 0) is 11.4 Å². The number of hydrogen-bond acceptors (Lipinski definition) is 6. The van der Waals surface area contributed by atoms with Crippen molar-refractivity contribution in [1.29, 1.82) is 0 Å². The summed E-state index contributed by atoms with van der Waals surface area (Å²) < 4.78 is 6.87. The van der Waals surface area contributed by atoms with Crippen molar-refractivity contribution in [3.8, 4) is 0 Å². The van der Waals surface area contributed by atoms with Gasteiger partial charge in [0, 0.05) is 45.2 Å². The van der Waals surface area contributed by atoms with E-state index in [2.05, 4.69) is 20.2 Å². The van der Waals surface area contributed by atoms with Crippen molar-refractivity contribution in [2.75, 3.05) is 53.0 Å². The SMILES string of the molecule is CNC(=O)c1nn(CN2CCC(CN3CCOCC3)CC2)c(=O)c2ccccc12. The van der Waals surface area contributed by atoms with Crippen molar-refractivity contribution in [1.82, 2.24) is 24.9 Å². The smallest absolute Gasteiger partial charge is 0.275 e. The highest BCUT2D eigenvalue weighted by molar-refractivity contribution is 6.04. The highest BCUT2D eigenvalue weighted by Gasteiger charge is 2.24. The lowest BCUT2D eigenvalue weighted by atomic mass is 9.96. The zero-order valence-electron chi connectivity index (χ0n) is 17.0. The summed E-state index contributed by atoms with van der Waals surface area (Å²) in [7, 11) is 1.58. The molecule has 1 N–H and O–H groups in total. The summed E-state index contributed by atoms with van der Waals surface area (Å²) in [5.74, 6) is 0.409. The molecule has 29 heavy (non-hydrogen) atoms. The van der Waals surface area contributed by atoms with E-state index in [0.717, 1.165) is 58.8 Å². The third kappa shape index (κ3) is 4.49. The Labute approximate surface area is 170 Å². The zero-order chi connectivity index (χ0) is 20.2. The van der Waals surface area contributed by atoms with E-state index >= 15 is 0 Å². The van der Waals surface area contributed by atoms with E-state index in [1.807, 2.05) is 12.1 Å². The van der Waals surface area contributed by atoms with Crippen LogP contribution in [0, 0.1) is 5.92 Å². The Bertz CT molecular complexity index is 914. The fraction of sp³-hybridized carbons (Fsp3) is 0.571. The molecular weight excluding hydrogens is 370 g/mol. The molecule has 0 aliphatic carbocycles. The highest BCUT2D eigenvalue weighted by Crippen LogP contribution is 2.20. The maximum atomic E-state index is 12.9. The molecule has 2 aromatic rings. The predicted octanol–water partition coefficient (Wildman–Crippen LogP) is 0.758. The molecule has 0 saturated carbocycles. The van der Waals surface area contributed by atoms with Gasteiger partial charge in [0.2, 0.25) is 0 Å². The van der Waals surface area contributed by atoms with Crippen LogP contribution in [0.1, 0.15) is 23.3 Å². The van der Waals surface area contributed by atoms with Crippen LogP contribution in [0.4, 0.5) is 0 Å². The van der Waals surface area contributed by atoms with E-state index in [-0.39, 0.29) is 11.5 Å². The molecule has 1 aromatic heterocycles. The number of hydrogen-bond donors (Lipinski definition) is 1. The van der Waals surface area contributed by atoms with Crippen molar-refractivity contribution in [2.24, 2.45) is 5.92 Å². The predicted molar refractivity (Wildman–Crippen MR) is 111 cm³/mol. The van der Waals surface area contributed by atoms with E-state index in [1.165, 1.54) is 4.68 Å². The van der Waals surface area contributed by atoms with Gasteiger partial charge in [0.25, 0.3) is 11.5 Å². The normalized spacial score (nSPS) is 19.5. The summed E-state index contributed by atoms with van der Waals surface area (Å²) in [6, 6.07) is 7.17. The lowest BCUT2D eigenvalue weighted by molar-refractivity contribution is 0.0227. The summed E-state index contributed by atoms with van der Waals surface area (Å²) in [5.41, 5.74) is 0.147. The van der Waals surface area contributed by atoms with Gasteiger partial charge in [-0.25, -0.2) is 4.68 Å². The van der Waals surface area contributed by atoms with E-state index < -0.39 is 0 Å². The average molecular weight is 399 g/mol. The first-order chi connectivity index (χ1) is 14.2.